The molecule has 2 atom stereocenters. The number of hydrogen-bond donors (Lipinski definition) is 2. The maximum Gasteiger partial charge on any atom is 0.244 e. The van der Waals surface area contributed by atoms with E-state index >= 15 is 0 Å². The van der Waals surface area contributed by atoms with Gasteiger partial charge in [-0.2, -0.15) is 11.8 Å². The number of rotatable bonds is 6. The SMILES string of the molecule is CCNc1ncccc1S(=O)(=O)NC1CCCC1SC. The van der Waals surface area contributed by atoms with Gasteiger partial charge in [-0.3, -0.25) is 0 Å². The summed E-state index contributed by atoms with van der Waals surface area (Å²) in [5.74, 6) is 0.418. The third-order valence-electron chi connectivity index (χ3n) is 3.47. The fourth-order valence-corrected chi connectivity index (χ4v) is 4.98. The molecule has 0 amide bonds. The standard InChI is InChI=1S/C13H21N3O2S2/c1-3-14-13-12(8-5-9-15-13)20(17,18)16-10-6-4-7-11(10)19-2/h5,8-11,16H,3-4,6-7H2,1-2H3,(H,14,15). The van der Waals surface area contributed by atoms with Crippen LogP contribution in [0, 0.1) is 0 Å². The van der Waals surface area contributed by atoms with Crippen LogP contribution in [0.2, 0.25) is 0 Å². The van der Waals surface area contributed by atoms with E-state index in [1.54, 1.807) is 30.1 Å². The molecule has 1 aliphatic carbocycles. The van der Waals surface area contributed by atoms with Crippen molar-refractivity contribution < 1.29 is 8.42 Å². The molecule has 1 saturated carbocycles. The molecule has 1 heterocycles. The van der Waals surface area contributed by atoms with Gasteiger partial charge < -0.3 is 5.32 Å². The zero-order chi connectivity index (χ0) is 14.6. The van der Waals surface area contributed by atoms with E-state index in [2.05, 4.69) is 15.0 Å². The Morgan fingerprint density at radius 1 is 1.45 bits per heavy atom. The second kappa shape index (κ2) is 6.78. The van der Waals surface area contributed by atoms with Crippen molar-refractivity contribution in [2.24, 2.45) is 0 Å². The monoisotopic (exact) mass is 315 g/mol. The number of aromatic nitrogens is 1. The lowest BCUT2D eigenvalue weighted by Gasteiger charge is -2.20. The largest absolute Gasteiger partial charge is 0.369 e. The Hall–Kier alpha value is -0.790. The van der Waals surface area contributed by atoms with Crippen LogP contribution in [0.1, 0.15) is 26.2 Å². The van der Waals surface area contributed by atoms with E-state index in [-0.39, 0.29) is 10.9 Å². The molecule has 2 rings (SSSR count). The molecular weight excluding hydrogens is 294 g/mol. The molecule has 2 unspecified atom stereocenters. The summed E-state index contributed by atoms with van der Waals surface area (Å²) in [6.45, 7) is 2.55. The quantitative estimate of drug-likeness (QED) is 0.841. The first-order chi connectivity index (χ1) is 9.58. The minimum Gasteiger partial charge on any atom is -0.369 e. The minimum absolute atomic E-state index is 0.0182. The highest BCUT2D eigenvalue weighted by atomic mass is 32.2. The van der Waals surface area contributed by atoms with Gasteiger partial charge in [0.05, 0.1) is 0 Å². The average molecular weight is 315 g/mol. The van der Waals surface area contributed by atoms with Gasteiger partial charge in [0.2, 0.25) is 10.0 Å². The third kappa shape index (κ3) is 3.45. The van der Waals surface area contributed by atoms with Crippen molar-refractivity contribution in [1.82, 2.24) is 9.71 Å². The third-order valence-corrected chi connectivity index (χ3v) is 6.16. The van der Waals surface area contributed by atoms with Gasteiger partial charge in [-0.15, -0.1) is 0 Å². The highest BCUT2D eigenvalue weighted by molar-refractivity contribution is 7.99. The first-order valence-electron chi connectivity index (χ1n) is 6.82. The van der Waals surface area contributed by atoms with Gasteiger partial charge in [0.1, 0.15) is 10.7 Å². The van der Waals surface area contributed by atoms with Gasteiger partial charge in [0.15, 0.2) is 0 Å². The Balaban J connectivity index is 2.22. The molecule has 0 radical (unpaired) electrons. The maximum absolute atomic E-state index is 12.5. The fraction of sp³-hybridized carbons (Fsp3) is 0.615. The first kappa shape index (κ1) is 15.6. The molecule has 112 valence electrons. The Morgan fingerprint density at radius 2 is 2.25 bits per heavy atom. The van der Waals surface area contributed by atoms with Gasteiger partial charge in [-0.25, -0.2) is 18.1 Å². The molecule has 1 fully saturated rings. The highest BCUT2D eigenvalue weighted by Gasteiger charge is 2.31. The summed E-state index contributed by atoms with van der Waals surface area (Å²) in [4.78, 5) is 4.34. The van der Waals surface area contributed by atoms with Crippen molar-refractivity contribution in [2.45, 2.75) is 42.4 Å². The van der Waals surface area contributed by atoms with Crippen molar-refractivity contribution in [1.29, 1.82) is 0 Å². The first-order valence-corrected chi connectivity index (χ1v) is 9.59. The van der Waals surface area contributed by atoms with Crippen LogP contribution in [0.15, 0.2) is 23.2 Å². The lowest BCUT2D eigenvalue weighted by atomic mass is 10.3. The van der Waals surface area contributed by atoms with Crippen molar-refractivity contribution in [2.75, 3.05) is 18.1 Å². The maximum atomic E-state index is 12.5. The highest BCUT2D eigenvalue weighted by Crippen LogP contribution is 2.30. The molecule has 0 spiro atoms. The summed E-state index contributed by atoms with van der Waals surface area (Å²) < 4.78 is 27.9. The summed E-state index contributed by atoms with van der Waals surface area (Å²) in [6, 6.07) is 3.26. The van der Waals surface area contributed by atoms with Gasteiger partial charge in [0.25, 0.3) is 0 Å². The zero-order valence-corrected chi connectivity index (χ0v) is 13.4. The Bertz CT molecular complexity index is 548. The zero-order valence-electron chi connectivity index (χ0n) is 11.8. The molecule has 0 aromatic carbocycles. The second-order valence-corrected chi connectivity index (χ2v) is 7.57. The molecule has 2 N–H and O–H groups in total. The van der Waals surface area contributed by atoms with Crippen LogP contribution >= 0.6 is 11.8 Å². The molecule has 20 heavy (non-hydrogen) atoms. The minimum atomic E-state index is -3.53. The number of nitrogens with one attached hydrogen (secondary N) is 2. The summed E-state index contributed by atoms with van der Waals surface area (Å²) in [5.41, 5.74) is 0. The van der Waals surface area contributed by atoms with E-state index < -0.39 is 10.0 Å². The molecule has 0 saturated heterocycles. The lowest BCUT2D eigenvalue weighted by Crippen LogP contribution is -2.38. The van der Waals surface area contributed by atoms with Crippen LogP contribution in [0.25, 0.3) is 0 Å². The molecule has 5 nitrogen and oxygen atoms in total. The van der Waals surface area contributed by atoms with Gasteiger partial charge in [-0.1, -0.05) is 6.42 Å². The van der Waals surface area contributed by atoms with E-state index in [0.29, 0.717) is 17.6 Å². The lowest BCUT2D eigenvalue weighted by molar-refractivity contribution is 0.555. The second-order valence-electron chi connectivity index (χ2n) is 4.81. The number of sulfonamides is 1. The van der Waals surface area contributed by atoms with Gasteiger partial charge >= 0.3 is 0 Å². The van der Waals surface area contributed by atoms with Gasteiger partial charge in [0, 0.05) is 24.0 Å². The number of anilines is 1. The summed E-state index contributed by atoms with van der Waals surface area (Å²) in [5, 5.41) is 3.36. The van der Waals surface area contributed by atoms with Crippen LogP contribution in [-0.4, -0.2) is 37.5 Å². The van der Waals surface area contributed by atoms with Crippen LogP contribution in [-0.2, 0) is 10.0 Å². The van der Waals surface area contributed by atoms with E-state index in [9.17, 15) is 8.42 Å². The summed E-state index contributed by atoms with van der Waals surface area (Å²) in [6.07, 6.45) is 6.68. The Kier molecular flexibility index (Phi) is 5.29. The molecule has 1 aromatic rings. The number of pyridine rings is 1. The van der Waals surface area contributed by atoms with E-state index in [1.165, 1.54) is 0 Å². The van der Waals surface area contributed by atoms with Crippen LogP contribution in [0.4, 0.5) is 5.82 Å². The molecule has 1 aromatic heterocycles. The predicted octanol–water partition coefficient (Wildman–Crippen LogP) is 2.08. The van der Waals surface area contributed by atoms with Crippen molar-refractivity contribution in [3.05, 3.63) is 18.3 Å². The molecule has 1 aliphatic rings. The van der Waals surface area contributed by atoms with Crippen molar-refractivity contribution >= 4 is 27.6 Å². The normalized spacial score (nSPS) is 22.9. The van der Waals surface area contributed by atoms with E-state index in [0.717, 1.165) is 19.3 Å². The molecular formula is C13H21N3O2S2. The molecule has 7 heteroatoms. The molecule has 0 aliphatic heterocycles. The van der Waals surface area contributed by atoms with Crippen molar-refractivity contribution in [3.63, 3.8) is 0 Å². The summed E-state index contributed by atoms with van der Waals surface area (Å²) >= 11 is 1.73. The average Bonchev–Trinajstić information content (AvgIpc) is 2.86. The van der Waals surface area contributed by atoms with Crippen LogP contribution < -0.4 is 10.0 Å². The fourth-order valence-electron chi connectivity index (χ4n) is 2.51. The van der Waals surface area contributed by atoms with Gasteiger partial charge in [-0.05, 0) is 38.2 Å². The van der Waals surface area contributed by atoms with E-state index in [4.69, 9.17) is 0 Å². The van der Waals surface area contributed by atoms with Crippen LogP contribution in [0.5, 0.6) is 0 Å². The Morgan fingerprint density at radius 3 is 2.95 bits per heavy atom. The Labute approximate surface area is 125 Å². The summed E-state index contributed by atoms with van der Waals surface area (Å²) in [7, 11) is -3.53. The van der Waals surface area contributed by atoms with Crippen molar-refractivity contribution in [3.8, 4) is 0 Å². The molecule has 0 bridgehead atoms. The predicted molar refractivity (Wildman–Crippen MR) is 83.7 cm³/mol. The van der Waals surface area contributed by atoms with Crippen LogP contribution in [0.3, 0.4) is 0 Å². The number of nitrogens with zero attached hydrogens (tertiary/aromatic N) is 1. The smallest absolute Gasteiger partial charge is 0.244 e. The number of hydrogen-bond acceptors (Lipinski definition) is 5. The topological polar surface area (TPSA) is 71.1 Å². The number of thioether (sulfide) groups is 1. The van der Waals surface area contributed by atoms with E-state index in [1.807, 2.05) is 13.2 Å².